The first-order valence-corrected chi connectivity index (χ1v) is 16.8. The zero-order chi connectivity index (χ0) is 36.1. The molecule has 2 fully saturated rings. The van der Waals surface area contributed by atoms with Gasteiger partial charge in [-0.05, 0) is 28.7 Å². The molecule has 1 aliphatic carbocycles. The van der Waals surface area contributed by atoms with E-state index in [0.717, 1.165) is 22.3 Å². The van der Waals surface area contributed by atoms with Crippen molar-refractivity contribution in [2.45, 2.75) is 56.3 Å². The van der Waals surface area contributed by atoms with Gasteiger partial charge in [-0.15, -0.1) is 6.58 Å². The largest absolute Gasteiger partial charge is 0.445 e. The van der Waals surface area contributed by atoms with Crippen LogP contribution in [0.3, 0.4) is 0 Å². The van der Waals surface area contributed by atoms with Crippen molar-refractivity contribution in [2.24, 2.45) is 11.7 Å². The topological polar surface area (TPSA) is 182 Å². The number of nitrogens with zero attached hydrogens (tertiary/aromatic N) is 2. The number of rotatable bonds is 7. The Bertz CT molecular complexity index is 1750. The summed E-state index contributed by atoms with van der Waals surface area (Å²) in [6.07, 6.45) is 3.67. The third-order valence-electron chi connectivity index (χ3n) is 9.68. The predicted octanol–water partition coefficient (Wildman–Crippen LogP) is 2.10. The van der Waals surface area contributed by atoms with Crippen molar-refractivity contribution in [1.82, 2.24) is 25.8 Å². The summed E-state index contributed by atoms with van der Waals surface area (Å²) in [5, 5.41) is 8.03. The van der Waals surface area contributed by atoms with Crippen molar-refractivity contribution in [1.29, 1.82) is 0 Å². The average molecular weight is 699 g/mol. The molecule has 5 N–H and O–H groups in total. The van der Waals surface area contributed by atoms with Crippen LogP contribution in [0.4, 0.5) is 9.59 Å². The number of hydrogen-bond donors (Lipinski definition) is 4. The smallest absolute Gasteiger partial charge is 0.410 e. The van der Waals surface area contributed by atoms with Crippen molar-refractivity contribution in [3.63, 3.8) is 0 Å². The highest BCUT2D eigenvalue weighted by atomic mass is 16.6. The van der Waals surface area contributed by atoms with Gasteiger partial charge in [0.1, 0.15) is 24.8 Å². The third kappa shape index (κ3) is 7.91. The van der Waals surface area contributed by atoms with Crippen LogP contribution < -0.4 is 21.7 Å². The van der Waals surface area contributed by atoms with Crippen molar-refractivity contribution in [3.05, 3.63) is 102 Å². The maximum atomic E-state index is 13.8. The molecular weight excluding hydrogens is 656 g/mol. The number of nitrogens with one attached hydrogen (secondary N) is 3. The van der Waals surface area contributed by atoms with Crippen LogP contribution in [0.2, 0.25) is 0 Å². The zero-order valence-electron chi connectivity index (χ0n) is 28.2. The molecule has 4 bridgehead atoms. The summed E-state index contributed by atoms with van der Waals surface area (Å²) in [4.78, 5) is 69.8. The first-order valence-electron chi connectivity index (χ1n) is 16.8. The van der Waals surface area contributed by atoms with Crippen LogP contribution in [0, 0.1) is 5.92 Å². The second kappa shape index (κ2) is 15.1. The first-order chi connectivity index (χ1) is 24.6. The van der Waals surface area contributed by atoms with Crippen LogP contribution in [0.15, 0.2) is 79.5 Å². The number of benzene rings is 2. The number of fused-ring (bicyclic) bond motifs is 3. The number of alkyl carbamates (subject to hydrolysis) is 1. The fourth-order valence-corrected chi connectivity index (χ4v) is 6.73. The van der Waals surface area contributed by atoms with Gasteiger partial charge >= 0.3 is 12.2 Å². The van der Waals surface area contributed by atoms with Gasteiger partial charge in [0.25, 0.3) is 0 Å². The molecule has 3 heterocycles. The molecule has 3 aliphatic heterocycles. The molecule has 0 unspecified atom stereocenters. The number of carbonyl (C=O) groups is 5. The fourth-order valence-electron chi connectivity index (χ4n) is 6.73. The summed E-state index contributed by atoms with van der Waals surface area (Å²) >= 11 is 0. The Kier molecular flexibility index (Phi) is 10.4. The lowest BCUT2D eigenvalue weighted by Crippen LogP contribution is -2.54. The molecule has 268 valence electrons. The molecule has 6 rings (SSSR count). The van der Waals surface area contributed by atoms with Crippen LogP contribution in [-0.4, -0.2) is 89.7 Å². The van der Waals surface area contributed by atoms with Crippen LogP contribution in [0.1, 0.15) is 35.1 Å². The maximum Gasteiger partial charge on any atom is 0.410 e. The van der Waals surface area contributed by atoms with E-state index in [1.54, 1.807) is 29.2 Å². The van der Waals surface area contributed by atoms with Crippen molar-refractivity contribution >= 4 is 36.0 Å². The fraction of sp³-hybridized carbons (Fsp3) is 0.378. The number of nitrogens with two attached hydrogens (primary N) is 1. The minimum Gasteiger partial charge on any atom is -0.445 e. The Labute approximate surface area is 295 Å². The highest BCUT2D eigenvalue weighted by Gasteiger charge is 2.56. The second-order valence-corrected chi connectivity index (χ2v) is 13.1. The Morgan fingerprint density at radius 3 is 2.67 bits per heavy atom. The molecule has 51 heavy (non-hydrogen) atoms. The van der Waals surface area contributed by atoms with E-state index in [4.69, 9.17) is 19.9 Å². The molecule has 5 atom stereocenters. The maximum absolute atomic E-state index is 13.8. The van der Waals surface area contributed by atoms with Gasteiger partial charge in [-0.3, -0.25) is 19.3 Å². The predicted molar refractivity (Wildman–Crippen MR) is 185 cm³/mol. The molecule has 14 nitrogen and oxygen atoms in total. The van der Waals surface area contributed by atoms with Gasteiger partial charge in [0.2, 0.25) is 17.7 Å². The van der Waals surface area contributed by atoms with Crippen molar-refractivity contribution in [3.8, 4) is 0 Å². The molecule has 14 heteroatoms. The first kappa shape index (κ1) is 35.2. The van der Waals surface area contributed by atoms with Gasteiger partial charge in [0.15, 0.2) is 0 Å². The molecule has 2 aromatic rings. The van der Waals surface area contributed by atoms with E-state index in [-0.39, 0.29) is 44.4 Å². The van der Waals surface area contributed by atoms with Crippen LogP contribution >= 0.6 is 0 Å². The molecule has 0 spiro atoms. The lowest BCUT2D eigenvalue weighted by Gasteiger charge is -2.27. The summed E-state index contributed by atoms with van der Waals surface area (Å²) in [6.45, 7) is 7.59. The lowest BCUT2D eigenvalue weighted by atomic mass is 10.0. The van der Waals surface area contributed by atoms with Gasteiger partial charge in [-0.25, -0.2) is 9.59 Å². The van der Waals surface area contributed by atoms with Crippen LogP contribution in [-0.2, 0) is 48.3 Å². The van der Waals surface area contributed by atoms with Gasteiger partial charge < -0.3 is 40.8 Å². The summed E-state index contributed by atoms with van der Waals surface area (Å²) in [5.41, 5.74) is 9.03. The Morgan fingerprint density at radius 1 is 1.12 bits per heavy atom. The van der Waals surface area contributed by atoms with E-state index >= 15 is 0 Å². The Balaban J connectivity index is 1.21. The molecule has 0 radical (unpaired) electrons. The molecule has 1 saturated carbocycles. The van der Waals surface area contributed by atoms with Crippen molar-refractivity contribution in [2.75, 3.05) is 26.3 Å². The molecular formula is C37H42N6O8. The van der Waals surface area contributed by atoms with E-state index < -0.39 is 60.2 Å². The van der Waals surface area contributed by atoms with E-state index in [9.17, 15) is 24.0 Å². The van der Waals surface area contributed by atoms with E-state index in [2.05, 4.69) is 29.1 Å². The molecule has 1 saturated heterocycles. The number of hydrogen-bond acceptors (Lipinski definition) is 9. The van der Waals surface area contributed by atoms with E-state index in [0.29, 0.717) is 19.5 Å². The second-order valence-electron chi connectivity index (χ2n) is 13.1. The van der Waals surface area contributed by atoms with Gasteiger partial charge in [0, 0.05) is 24.6 Å². The van der Waals surface area contributed by atoms with Crippen LogP contribution in [0.5, 0.6) is 0 Å². The molecule has 0 aromatic heterocycles. The zero-order valence-corrected chi connectivity index (χ0v) is 28.2. The van der Waals surface area contributed by atoms with Gasteiger partial charge in [-0.2, -0.15) is 0 Å². The summed E-state index contributed by atoms with van der Waals surface area (Å²) < 4.78 is 17.0. The number of amides is 5. The minimum atomic E-state index is -1.21. The Hall–Kier alpha value is -5.63. The minimum absolute atomic E-state index is 0.0155. The van der Waals surface area contributed by atoms with Crippen molar-refractivity contribution < 1.29 is 38.2 Å². The summed E-state index contributed by atoms with van der Waals surface area (Å²) in [6, 6.07) is 12.6. The van der Waals surface area contributed by atoms with E-state index in [1.807, 2.05) is 42.5 Å². The van der Waals surface area contributed by atoms with Crippen LogP contribution in [0.25, 0.3) is 6.08 Å². The highest BCUT2D eigenvalue weighted by Crippen LogP contribution is 2.47. The number of carbonyl (C=O) groups excluding carboxylic acids is 5. The SMILES string of the molecule is C=C[C@@H]1C[C@]1(NC(=O)[C@@H]1C[C@@H]2CN1C(=O)CNC(=O)[C@@H](NC(=O)OCc1ccccc1)COC/C=C/c1cccc3c1CN(C3)C(=O)O2)C(=C)N. The number of ether oxygens (including phenoxy) is 3. The molecule has 4 aliphatic rings. The third-order valence-corrected chi connectivity index (χ3v) is 9.68. The quantitative estimate of drug-likeness (QED) is 0.315. The lowest BCUT2D eigenvalue weighted by molar-refractivity contribution is -0.139. The average Bonchev–Trinajstić information content (AvgIpc) is 3.42. The van der Waals surface area contributed by atoms with E-state index in [1.165, 1.54) is 4.90 Å². The monoisotopic (exact) mass is 698 g/mol. The summed E-state index contributed by atoms with van der Waals surface area (Å²) in [5.74, 6) is -1.91. The van der Waals surface area contributed by atoms with Gasteiger partial charge in [0.05, 0.1) is 38.4 Å². The van der Waals surface area contributed by atoms with Gasteiger partial charge in [-0.1, -0.05) is 73.3 Å². The molecule has 2 aromatic carbocycles. The Morgan fingerprint density at radius 2 is 1.92 bits per heavy atom. The normalized spacial score (nSPS) is 26.8. The highest BCUT2D eigenvalue weighted by molar-refractivity contribution is 5.93. The molecule has 5 amide bonds. The standard InChI is InChI=1S/C37H42N6O8/c1-3-27-16-37(27,23(2)38)41-34(46)31-15-28-19-43(31)32(44)17-39-33(45)30(40-35(47)50-21-24-9-5-4-6-10-24)22-49-14-8-13-25-11-7-12-26-18-42(20-29(25)26)36(48)51-28/h3-13,27-28,30-31H,1-2,14-22,38H2,(H,39,45)(H,40,47)(H,41,46)/b13-8+/t27-,28-,30+,31+,37+/m1/s1. The summed E-state index contributed by atoms with van der Waals surface area (Å²) in [7, 11) is 0.